The number of methoxy groups -OCH3 is 1. The summed E-state index contributed by atoms with van der Waals surface area (Å²) < 4.78 is 5.14. The van der Waals surface area contributed by atoms with Gasteiger partial charge in [-0.15, -0.1) is 0 Å². The Labute approximate surface area is 90.8 Å². The van der Waals surface area contributed by atoms with E-state index in [-0.39, 0.29) is 0 Å². The van der Waals surface area contributed by atoms with Gasteiger partial charge < -0.3 is 4.74 Å². The van der Waals surface area contributed by atoms with Crippen molar-refractivity contribution in [3.63, 3.8) is 0 Å². The van der Waals surface area contributed by atoms with Crippen LogP contribution in [0.2, 0.25) is 0 Å². The molecule has 15 heavy (non-hydrogen) atoms. The normalized spacial score (nSPS) is 27.4. The highest BCUT2D eigenvalue weighted by molar-refractivity contribution is 5.60. The maximum atomic E-state index is 5.14. The summed E-state index contributed by atoms with van der Waals surface area (Å²) in [5, 5.41) is 0. The largest absolute Gasteiger partial charge is 0.497 e. The topological polar surface area (TPSA) is 9.23 Å². The zero-order chi connectivity index (χ0) is 10.3. The third-order valence-corrected chi connectivity index (χ3v) is 3.71. The molecule has 1 aromatic rings. The molecule has 0 saturated heterocycles. The van der Waals surface area contributed by atoms with Gasteiger partial charge in [-0.05, 0) is 42.4 Å². The predicted molar refractivity (Wildman–Crippen MR) is 61.8 cm³/mol. The molecule has 0 heterocycles. The summed E-state index contributed by atoms with van der Waals surface area (Å²) in [7, 11) is 1.71. The molecule has 2 unspecified atom stereocenters. The van der Waals surface area contributed by atoms with Crippen LogP contribution < -0.4 is 4.74 Å². The lowest BCUT2D eigenvalue weighted by Gasteiger charge is -1.99. The molecule has 2 aliphatic rings. The molecule has 2 aliphatic carbocycles. The molecule has 0 aromatic heterocycles. The van der Waals surface area contributed by atoms with Crippen LogP contribution in [-0.4, -0.2) is 7.11 Å². The molecule has 2 saturated carbocycles. The van der Waals surface area contributed by atoms with E-state index in [0.29, 0.717) is 0 Å². The first-order chi connectivity index (χ1) is 7.38. The average Bonchev–Trinajstić information content (AvgIpc) is 2.75. The fourth-order valence-electron chi connectivity index (χ4n) is 2.80. The Morgan fingerprint density at radius 2 is 1.80 bits per heavy atom. The second-order valence-corrected chi connectivity index (χ2v) is 4.56. The summed E-state index contributed by atoms with van der Waals surface area (Å²) in [6, 6.07) is 8.34. The van der Waals surface area contributed by atoms with Crippen molar-refractivity contribution in [1.82, 2.24) is 0 Å². The van der Waals surface area contributed by atoms with E-state index < -0.39 is 0 Å². The van der Waals surface area contributed by atoms with Crippen molar-refractivity contribution in [3.05, 3.63) is 35.4 Å². The molecule has 0 bridgehead atoms. The Bertz CT molecular complexity index is 376. The monoisotopic (exact) mass is 200 g/mol. The standard InChI is InChI=1S/C14H16O/c1-15-11-7-5-10(6-8-11)9-14-12-3-2-4-13(12)14/h5-9,12-13H,2-4H2,1H3. The second kappa shape index (κ2) is 3.41. The van der Waals surface area contributed by atoms with Crippen molar-refractivity contribution < 1.29 is 4.74 Å². The van der Waals surface area contributed by atoms with Crippen molar-refractivity contribution in [2.24, 2.45) is 11.8 Å². The summed E-state index contributed by atoms with van der Waals surface area (Å²) in [6.07, 6.45) is 6.66. The Morgan fingerprint density at radius 3 is 2.40 bits per heavy atom. The van der Waals surface area contributed by atoms with E-state index in [1.807, 2.05) is 12.1 Å². The Hall–Kier alpha value is -1.24. The summed E-state index contributed by atoms with van der Waals surface area (Å²) in [5.74, 6) is 2.81. The number of ether oxygens (including phenoxy) is 1. The van der Waals surface area contributed by atoms with Crippen molar-refractivity contribution in [2.75, 3.05) is 7.11 Å². The predicted octanol–water partition coefficient (Wildman–Crippen LogP) is 3.51. The van der Waals surface area contributed by atoms with Gasteiger partial charge in [0.15, 0.2) is 0 Å². The van der Waals surface area contributed by atoms with Crippen LogP contribution >= 0.6 is 0 Å². The zero-order valence-electron chi connectivity index (χ0n) is 9.07. The lowest BCUT2D eigenvalue weighted by molar-refractivity contribution is 0.415. The van der Waals surface area contributed by atoms with Gasteiger partial charge in [0, 0.05) is 0 Å². The highest BCUT2D eigenvalue weighted by Crippen LogP contribution is 2.57. The lowest BCUT2D eigenvalue weighted by Crippen LogP contribution is -1.81. The molecule has 1 aromatic carbocycles. The molecule has 1 nitrogen and oxygen atoms in total. The minimum atomic E-state index is 0.937. The molecular formula is C14H16O. The highest BCUT2D eigenvalue weighted by atomic mass is 16.5. The number of fused-ring (bicyclic) bond motifs is 1. The number of hydrogen-bond acceptors (Lipinski definition) is 1. The van der Waals surface area contributed by atoms with E-state index in [9.17, 15) is 0 Å². The smallest absolute Gasteiger partial charge is 0.118 e. The first-order valence-electron chi connectivity index (χ1n) is 5.74. The van der Waals surface area contributed by atoms with Crippen LogP contribution in [0.15, 0.2) is 29.8 Å². The van der Waals surface area contributed by atoms with Crippen LogP contribution in [0.1, 0.15) is 24.8 Å². The molecular weight excluding hydrogens is 184 g/mol. The van der Waals surface area contributed by atoms with Gasteiger partial charge in [0.2, 0.25) is 0 Å². The zero-order valence-corrected chi connectivity index (χ0v) is 9.07. The summed E-state index contributed by atoms with van der Waals surface area (Å²) in [6.45, 7) is 0. The second-order valence-electron chi connectivity index (χ2n) is 4.56. The molecule has 0 aliphatic heterocycles. The third kappa shape index (κ3) is 1.56. The van der Waals surface area contributed by atoms with Crippen LogP contribution in [0.5, 0.6) is 5.75 Å². The first kappa shape index (κ1) is 9.02. The van der Waals surface area contributed by atoms with E-state index in [0.717, 1.165) is 17.6 Å². The quantitative estimate of drug-likeness (QED) is 0.710. The Morgan fingerprint density at radius 1 is 1.13 bits per heavy atom. The molecule has 0 radical (unpaired) electrons. The summed E-state index contributed by atoms with van der Waals surface area (Å²) in [5.41, 5.74) is 3.01. The average molecular weight is 200 g/mol. The van der Waals surface area contributed by atoms with E-state index in [4.69, 9.17) is 4.74 Å². The number of allylic oxidation sites excluding steroid dienone is 1. The fourth-order valence-corrected chi connectivity index (χ4v) is 2.80. The molecule has 1 heteroatoms. The number of hydrogen-bond donors (Lipinski definition) is 0. The van der Waals surface area contributed by atoms with Crippen molar-refractivity contribution in [2.45, 2.75) is 19.3 Å². The minimum Gasteiger partial charge on any atom is -0.497 e. The maximum Gasteiger partial charge on any atom is 0.118 e. The van der Waals surface area contributed by atoms with Gasteiger partial charge in [0.25, 0.3) is 0 Å². The van der Waals surface area contributed by atoms with Crippen molar-refractivity contribution in [1.29, 1.82) is 0 Å². The van der Waals surface area contributed by atoms with Crippen molar-refractivity contribution in [3.8, 4) is 5.75 Å². The summed E-state index contributed by atoms with van der Waals surface area (Å²) in [4.78, 5) is 0. The van der Waals surface area contributed by atoms with E-state index >= 15 is 0 Å². The van der Waals surface area contributed by atoms with Gasteiger partial charge in [-0.25, -0.2) is 0 Å². The molecule has 2 atom stereocenters. The lowest BCUT2D eigenvalue weighted by atomic mass is 10.1. The fraction of sp³-hybridized carbons (Fsp3) is 0.429. The van der Waals surface area contributed by atoms with Crippen LogP contribution in [0, 0.1) is 11.8 Å². The van der Waals surface area contributed by atoms with Gasteiger partial charge in [0.05, 0.1) is 7.11 Å². The van der Waals surface area contributed by atoms with Crippen molar-refractivity contribution >= 4 is 6.08 Å². The van der Waals surface area contributed by atoms with Crippen LogP contribution in [0.3, 0.4) is 0 Å². The van der Waals surface area contributed by atoms with Crippen LogP contribution in [-0.2, 0) is 0 Å². The minimum absolute atomic E-state index is 0.937. The van der Waals surface area contributed by atoms with Gasteiger partial charge in [-0.3, -0.25) is 0 Å². The van der Waals surface area contributed by atoms with Crippen LogP contribution in [0.4, 0.5) is 0 Å². The molecule has 3 rings (SSSR count). The summed E-state index contributed by atoms with van der Waals surface area (Å²) >= 11 is 0. The first-order valence-corrected chi connectivity index (χ1v) is 5.74. The molecule has 2 fully saturated rings. The molecule has 0 amide bonds. The highest BCUT2D eigenvalue weighted by Gasteiger charge is 2.46. The molecule has 78 valence electrons. The van der Waals surface area contributed by atoms with E-state index in [1.165, 1.54) is 24.8 Å². The number of benzene rings is 1. The number of rotatable bonds is 2. The van der Waals surface area contributed by atoms with Gasteiger partial charge >= 0.3 is 0 Å². The molecule has 0 N–H and O–H groups in total. The van der Waals surface area contributed by atoms with Crippen LogP contribution in [0.25, 0.3) is 6.08 Å². The third-order valence-electron chi connectivity index (χ3n) is 3.71. The van der Waals surface area contributed by atoms with E-state index in [1.54, 1.807) is 12.7 Å². The van der Waals surface area contributed by atoms with Gasteiger partial charge in [-0.2, -0.15) is 0 Å². The van der Waals surface area contributed by atoms with E-state index in [2.05, 4.69) is 18.2 Å². The maximum absolute atomic E-state index is 5.14. The molecule has 0 spiro atoms. The SMILES string of the molecule is COc1ccc(C=C2C3CCCC23)cc1. The van der Waals surface area contributed by atoms with Gasteiger partial charge in [0.1, 0.15) is 5.75 Å². The Kier molecular flexibility index (Phi) is 2.05. The Balaban J connectivity index is 1.77. The van der Waals surface area contributed by atoms with Gasteiger partial charge in [-0.1, -0.05) is 30.2 Å².